The highest BCUT2D eigenvalue weighted by Crippen LogP contribution is 2.26. The summed E-state index contributed by atoms with van der Waals surface area (Å²) in [6, 6.07) is 16.3. The van der Waals surface area contributed by atoms with Crippen molar-refractivity contribution in [3.63, 3.8) is 0 Å². The molecule has 1 aromatic heterocycles. The van der Waals surface area contributed by atoms with Crippen LogP contribution >= 0.6 is 0 Å². The highest BCUT2D eigenvalue weighted by atomic mass is 16.1. The molecule has 1 amide bonds. The van der Waals surface area contributed by atoms with Gasteiger partial charge in [-0.25, -0.2) is 4.98 Å². The molecule has 0 radical (unpaired) electrons. The van der Waals surface area contributed by atoms with Crippen LogP contribution in [-0.2, 0) is 18.4 Å². The van der Waals surface area contributed by atoms with Crippen LogP contribution < -0.4 is 5.32 Å². The van der Waals surface area contributed by atoms with Gasteiger partial charge in [0.15, 0.2) is 0 Å². The van der Waals surface area contributed by atoms with E-state index in [1.165, 1.54) is 5.56 Å². The number of rotatable bonds is 5. The highest BCUT2D eigenvalue weighted by molar-refractivity contribution is 5.93. The van der Waals surface area contributed by atoms with Gasteiger partial charge in [0.1, 0.15) is 5.82 Å². The smallest absolute Gasteiger partial charge is 0.228 e. The number of nitrogens with zero attached hydrogens (tertiary/aromatic N) is 3. The summed E-state index contributed by atoms with van der Waals surface area (Å²) in [6.07, 6.45) is 1.97. The number of nitrogens with one attached hydrogen (secondary N) is 1. The number of aryl methyl sites for hydroxylation is 1. The number of aromatic nitrogens is 2. The van der Waals surface area contributed by atoms with Crippen LogP contribution in [0, 0.1) is 5.92 Å². The van der Waals surface area contributed by atoms with E-state index in [2.05, 4.69) is 53.9 Å². The first-order valence-electron chi connectivity index (χ1n) is 10.6. The van der Waals surface area contributed by atoms with Gasteiger partial charge in [-0.2, -0.15) is 0 Å². The fraction of sp³-hybridized carbons (Fsp3) is 0.417. The maximum atomic E-state index is 13.0. The Labute approximate surface area is 172 Å². The number of imidazole rings is 1. The number of carbonyl (C=O) groups excluding carboxylic acids is 1. The third kappa shape index (κ3) is 4.20. The van der Waals surface area contributed by atoms with Gasteiger partial charge in [-0.05, 0) is 49.1 Å². The number of amides is 1. The monoisotopic (exact) mass is 390 g/mol. The molecule has 29 heavy (non-hydrogen) atoms. The topological polar surface area (TPSA) is 50.2 Å². The molecule has 5 heteroatoms. The lowest BCUT2D eigenvalue weighted by molar-refractivity contribution is -0.121. The Bertz CT molecular complexity index is 1010. The van der Waals surface area contributed by atoms with Gasteiger partial charge < -0.3 is 9.88 Å². The van der Waals surface area contributed by atoms with Crippen molar-refractivity contribution in [2.45, 2.75) is 39.2 Å². The Balaban J connectivity index is 1.44. The van der Waals surface area contributed by atoms with Crippen molar-refractivity contribution in [1.82, 2.24) is 14.5 Å². The van der Waals surface area contributed by atoms with E-state index in [0.29, 0.717) is 5.92 Å². The number of fused-ring (bicyclic) bond motifs is 1. The van der Waals surface area contributed by atoms with Gasteiger partial charge in [0, 0.05) is 19.3 Å². The lowest BCUT2D eigenvalue weighted by Crippen LogP contribution is -2.40. The number of likely N-dealkylation sites (tertiary alicyclic amines) is 1. The molecule has 152 valence electrons. The van der Waals surface area contributed by atoms with Gasteiger partial charge in [0.05, 0.1) is 23.5 Å². The molecular weight excluding hydrogens is 360 g/mol. The van der Waals surface area contributed by atoms with E-state index >= 15 is 0 Å². The molecule has 0 aliphatic carbocycles. The average molecular weight is 391 g/mol. The first-order valence-corrected chi connectivity index (χ1v) is 10.6. The molecule has 0 bridgehead atoms. The number of carbonyl (C=O) groups is 1. The Morgan fingerprint density at radius 3 is 2.72 bits per heavy atom. The lowest BCUT2D eigenvalue weighted by Gasteiger charge is -2.32. The van der Waals surface area contributed by atoms with Gasteiger partial charge in [-0.3, -0.25) is 9.69 Å². The maximum Gasteiger partial charge on any atom is 0.228 e. The number of para-hydroxylation sites is 3. The Kier molecular flexibility index (Phi) is 5.67. The van der Waals surface area contributed by atoms with Gasteiger partial charge >= 0.3 is 0 Å². The summed E-state index contributed by atoms with van der Waals surface area (Å²) in [7, 11) is 2.07. The molecule has 1 fully saturated rings. The van der Waals surface area contributed by atoms with Crippen LogP contribution in [0.3, 0.4) is 0 Å². The first kappa shape index (κ1) is 19.6. The second-order valence-electron chi connectivity index (χ2n) is 8.38. The van der Waals surface area contributed by atoms with Crippen molar-refractivity contribution in [3.05, 3.63) is 59.9 Å². The molecule has 3 aromatic rings. The summed E-state index contributed by atoms with van der Waals surface area (Å²) in [5, 5.41) is 3.19. The molecule has 1 N–H and O–H groups in total. The normalized spacial score (nSPS) is 17.7. The molecule has 0 saturated carbocycles. The molecule has 5 nitrogen and oxygen atoms in total. The zero-order chi connectivity index (χ0) is 20.4. The summed E-state index contributed by atoms with van der Waals surface area (Å²) in [5.41, 5.74) is 4.31. The van der Waals surface area contributed by atoms with E-state index in [-0.39, 0.29) is 11.8 Å². The highest BCUT2D eigenvalue weighted by Gasteiger charge is 2.27. The second-order valence-corrected chi connectivity index (χ2v) is 8.38. The van der Waals surface area contributed by atoms with Gasteiger partial charge in [-0.15, -0.1) is 0 Å². The van der Waals surface area contributed by atoms with Crippen molar-refractivity contribution in [3.8, 4) is 0 Å². The van der Waals surface area contributed by atoms with E-state index in [1.54, 1.807) is 0 Å². The van der Waals surface area contributed by atoms with Crippen molar-refractivity contribution in [2.24, 2.45) is 13.0 Å². The summed E-state index contributed by atoms with van der Waals surface area (Å²) in [4.78, 5) is 20.1. The average Bonchev–Trinajstić information content (AvgIpc) is 3.04. The Hall–Kier alpha value is -2.66. The fourth-order valence-corrected chi connectivity index (χ4v) is 4.30. The van der Waals surface area contributed by atoms with E-state index in [9.17, 15) is 4.79 Å². The predicted octanol–water partition coefficient (Wildman–Crippen LogP) is 4.55. The molecule has 2 aromatic carbocycles. The number of hydrogen-bond donors (Lipinski definition) is 1. The fourth-order valence-electron chi connectivity index (χ4n) is 4.30. The quantitative estimate of drug-likeness (QED) is 0.695. The molecular formula is C24H30N4O. The zero-order valence-electron chi connectivity index (χ0n) is 17.6. The molecule has 0 spiro atoms. The van der Waals surface area contributed by atoms with Crippen molar-refractivity contribution in [1.29, 1.82) is 0 Å². The standard InChI is InChI=1S/C24H30N4O/c1-17(2)19-10-4-5-11-20(19)26-24(29)18-9-8-14-28(15-18)16-23-25-21-12-6-7-13-22(21)27(23)3/h4-7,10-13,17-18H,8-9,14-16H2,1-3H3,(H,26,29)/t18-/m1/s1. The molecule has 1 saturated heterocycles. The molecule has 4 rings (SSSR count). The van der Waals surface area contributed by atoms with Crippen molar-refractivity contribution >= 4 is 22.6 Å². The predicted molar refractivity (Wildman–Crippen MR) is 118 cm³/mol. The summed E-state index contributed by atoms with van der Waals surface area (Å²) >= 11 is 0. The third-order valence-electron chi connectivity index (χ3n) is 5.96. The van der Waals surface area contributed by atoms with Crippen LogP contribution in [0.5, 0.6) is 0 Å². The minimum atomic E-state index is 0.0126. The molecule has 0 unspecified atom stereocenters. The summed E-state index contributed by atoms with van der Waals surface area (Å²) < 4.78 is 2.16. The van der Waals surface area contributed by atoms with Crippen LogP contribution in [0.1, 0.15) is 44.0 Å². The minimum Gasteiger partial charge on any atom is -0.330 e. The maximum absolute atomic E-state index is 13.0. The molecule has 2 heterocycles. The Morgan fingerprint density at radius 2 is 1.93 bits per heavy atom. The van der Waals surface area contributed by atoms with Crippen molar-refractivity contribution < 1.29 is 4.79 Å². The van der Waals surface area contributed by atoms with E-state index in [1.807, 2.05) is 30.3 Å². The van der Waals surface area contributed by atoms with Crippen LogP contribution in [0.4, 0.5) is 5.69 Å². The van der Waals surface area contributed by atoms with Crippen LogP contribution in [0.2, 0.25) is 0 Å². The largest absolute Gasteiger partial charge is 0.330 e. The van der Waals surface area contributed by atoms with Crippen LogP contribution in [0.25, 0.3) is 11.0 Å². The minimum absolute atomic E-state index is 0.0126. The number of hydrogen-bond acceptors (Lipinski definition) is 3. The van der Waals surface area contributed by atoms with Crippen LogP contribution in [-0.4, -0.2) is 33.4 Å². The number of benzene rings is 2. The molecule has 1 atom stereocenters. The summed E-state index contributed by atoms with van der Waals surface area (Å²) in [6.45, 7) is 6.88. The van der Waals surface area contributed by atoms with E-state index in [4.69, 9.17) is 4.98 Å². The first-order chi connectivity index (χ1) is 14.0. The van der Waals surface area contributed by atoms with Gasteiger partial charge in [-0.1, -0.05) is 44.2 Å². The van der Waals surface area contributed by atoms with Crippen LogP contribution in [0.15, 0.2) is 48.5 Å². The molecule has 1 aliphatic heterocycles. The van der Waals surface area contributed by atoms with E-state index < -0.39 is 0 Å². The van der Waals surface area contributed by atoms with Gasteiger partial charge in [0.2, 0.25) is 5.91 Å². The lowest BCUT2D eigenvalue weighted by atomic mass is 9.96. The zero-order valence-corrected chi connectivity index (χ0v) is 17.6. The van der Waals surface area contributed by atoms with Gasteiger partial charge in [0.25, 0.3) is 0 Å². The Morgan fingerprint density at radius 1 is 1.17 bits per heavy atom. The van der Waals surface area contributed by atoms with Crippen molar-refractivity contribution in [2.75, 3.05) is 18.4 Å². The van der Waals surface area contributed by atoms with E-state index in [0.717, 1.165) is 55.0 Å². The SMILES string of the molecule is CC(C)c1ccccc1NC(=O)[C@@H]1CCCN(Cc2nc3ccccc3n2C)C1. The third-order valence-corrected chi connectivity index (χ3v) is 5.96. The second kappa shape index (κ2) is 8.37. The number of piperidine rings is 1. The number of anilines is 1. The summed E-state index contributed by atoms with van der Waals surface area (Å²) in [5.74, 6) is 1.58. The molecule has 1 aliphatic rings.